The molecule has 0 radical (unpaired) electrons. The Kier molecular flexibility index (Phi) is 2.40. The molecule has 86 valence electrons. The fourth-order valence-electron chi connectivity index (χ4n) is 2.49. The lowest BCUT2D eigenvalue weighted by Crippen LogP contribution is -2.11. The van der Waals surface area contributed by atoms with Crippen LogP contribution < -0.4 is 0 Å². The highest BCUT2D eigenvalue weighted by Crippen LogP contribution is 2.55. The van der Waals surface area contributed by atoms with E-state index in [0.717, 1.165) is 12.0 Å². The summed E-state index contributed by atoms with van der Waals surface area (Å²) in [7, 11) is 0. The van der Waals surface area contributed by atoms with Gasteiger partial charge in [-0.05, 0) is 23.4 Å². The highest BCUT2D eigenvalue weighted by atomic mass is 32.1. The molecule has 0 unspecified atom stereocenters. The van der Waals surface area contributed by atoms with E-state index < -0.39 is 0 Å². The van der Waals surface area contributed by atoms with Crippen molar-refractivity contribution in [3.63, 3.8) is 0 Å². The first-order valence-electron chi connectivity index (χ1n) is 5.84. The Balaban J connectivity index is 1.84. The smallest absolute Gasteiger partial charge is 0.167 e. The Morgan fingerprint density at radius 2 is 2.06 bits per heavy atom. The number of rotatable bonds is 3. The maximum absolute atomic E-state index is 12.3. The lowest BCUT2D eigenvalue weighted by Gasteiger charge is -2.10. The summed E-state index contributed by atoms with van der Waals surface area (Å²) < 4.78 is 0. The van der Waals surface area contributed by atoms with Gasteiger partial charge in [-0.1, -0.05) is 37.3 Å². The third-order valence-corrected chi connectivity index (χ3v) is 4.48. The van der Waals surface area contributed by atoms with Gasteiger partial charge in [-0.3, -0.25) is 4.79 Å². The quantitative estimate of drug-likeness (QED) is 0.746. The van der Waals surface area contributed by atoms with Crippen molar-refractivity contribution in [3.05, 3.63) is 58.3 Å². The Labute approximate surface area is 105 Å². The van der Waals surface area contributed by atoms with E-state index in [2.05, 4.69) is 19.1 Å². The van der Waals surface area contributed by atoms with E-state index in [1.165, 1.54) is 5.56 Å². The predicted octanol–water partition coefficient (Wildman–Crippen LogP) is 3.91. The second kappa shape index (κ2) is 3.81. The van der Waals surface area contributed by atoms with Gasteiger partial charge in [-0.25, -0.2) is 0 Å². The molecule has 0 spiro atoms. The van der Waals surface area contributed by atoms with Crippen molar-refractivity contribution >= 4 is 17.1 Å². The van der Waals surface area contributed by atoms with Gasteiger partial charge in [0.2, 0.25) is 0 Å². The van der Waals surface area contributed by atoms with Gasteiger partial charge < -0.3 is 0 Å². The summed E-state index contributed by atoms with van der Waals surface area (Å²) in [5.74, 6) is 0.470. The van der Waals surface area contributed by atoms with Gasteiger partial charge >= 0.3 is 0 Å². The van der Waals surface area contributed by atoms with Crippen molar-refractivity contribution in [1.82, 2.24) is 0 Å². The summed E-state index contributed by atoms with van der Waals surface area (Å²) >= 11 is 1.59. The van der Waals surface area contributed by atoms with Crippen LogP contribution in [0.3, 0.4) is 0 Å². The number of hydrogen-bond donors (Lipinski definition) is 0. The zero-order chi connectivity index (χ0) is 11.9. The minimum atomic E-state index is 0.0558. The topological polar surface area (TPSA) is 17.1 Å². The molecule has 0 amide bonds. The van der Waals surface area contributed by atoms with Crippen molar-refractivity contribution in [2.75, 3.05) is 0 Å². The summed E-state index contributed by atoms with van der Waals surface area (Å²) in [4.78, 5) is 12.3. The summed E-state index contributed by atoms with van der Waals surface area (Å²) in [6.45, 7) is 2.19. The van der Waals surface area contributed by atoms with E-state index in [-0.39, 0.29) is 11.3 Å². The standard InChI is InChI=1S/C15H14OS/c1-15(12-5-3-2-4-6-12)9-13(15)14(16)11-7-8-17-10-11/h2-8,10,13H,9H2,1H3/t13-,15-/m0/s1. The van der Waals surface area contributed by atoms with Gasteiger partial charge in [0.1, 0.15) is 0 Å². The molecule has 1 heterocycles. The molecule has 1 fully saturated rings. The summed E-state index contributed by atoms with van der Waals surface area (Å²) in [5, 5.41) is 3.92. The van der Waals surface area contributed by atoms with Crippen LogP contribution in [0.4, 0.5) is 0 Å². The van der Waals surface area contributed by atoms with Crippen LogP contribution in [0.2, 0.25) is 0 Å². The van der Waals surface area contributed by atoms with Crippen LogP contribution in [0.5, 0.6) is 0 Å². The van der Waals surface area contributed by atoms with E-state index >= 15 is 0 Å². The fourth-order valence-corrected chi connectivity index (χ4v) is 3.14. The second-order valence-corrected chi connectivity index (χ2v) is 5.70. The summed E-state index contributed by atoms with van der Waals surface area (Å²) in [5.41, 5.74) is 2.22. The predicted molar refractivity (Wildman–Crippen MR) is 70.6 cm³/mol. The maximum atomic E-state index is 12.3. The monoisotopic (exact) mass is 242 g/mol. The highest BCUT2D eigenvalue weighted by molar-refractivity contribution is 7.08. The summed E-state index contributed by atoms with van der Waals surface area (Å²) in [6.07, 6.45) is 0.978. The van der Waals surface area contributed by atoms with Gasteiger partial charge in [0.05, 0.1) is 0 Å². The number of carbonyl (C=O) groups excluding carboxylic acids is 1. The molecule has 0 bridgehead atoms. The van der Waals surface area contributed by atoms with Crippen molar-refractivity contribution in [1.29, 1.82) is 0 Å². The van der Waals surface area contributed by atoms with Crippen LogP contribution in [0.25, 0.3) is 0 Å². The number of carbonyl (C=O) groups is 1. The second-order valence-electron chi connectivity index (χ2n) is 4.92. The lowest BCUT2D eigenvalue weighted by molar-refractivity contribution is 0.0959. The molecule has 1 aromatic carbocycles. The van der Waals surface area contributed by atoms with E-state index in [1.807, 2.05) is 35.0 Å². The van der Waals surface area contributed by atoms with Gasteiger partial charge in [0, 0.05) is 22.3 Å². The molecule has 17 heavy (non-hydrogen) atoms. The van der Waals surface area contributed by atoms with E-state index in [1.54, 1.807) is 11.3 Å². The molecule has 1 aliphatic rings. The molecule has 0 N–H and O–H groups in total. The van der Waals surface area contributed by atoms with Crippen LogP contribution in [-0.4, -0.2) is 5.78 Å². The first kappa shape index (κ1) is 10.7. The fraction of sp³-hybridized carbons (Fsp3) is 0.267. The molecule has 2 atom stereocenters. The average Bonchev–Trinajstić information content (AvgIpc) is 2.81. The largest absolute Gasteiger partial charge is 0.294 e. The van der Waals surface area contributed by atoms with E-state index in [9.17, 15) is 4.79 Å². The van der Waals surface area contributed by atoms with Crippen molar-refractivity contribution in [3.8, 4) is 0 Å². The van der Waals surface area contributed by atoms with Gasteiger partial charge in [-0.15, -0.1) is 0 Å². The van der Waals surface area contributed by atoms with Crippen LogP contribution in [0, 0.1) is 5.92 Å². The van der Waals surface area contributed by atoms with E-state index in [0.29, 0.717) is 5.78 Å². The van der Waals surface area contributed by atoms with Gasteiger partial charge in [-0.2, -0.15) is 11.3 Å². The molecular weight excluding hydrogens is 228 g/mol. The third kappa shape index (κ3) is 1.73. The molecule has 2 heteroatoms. The van der Waals surface area contributed by atoms with Gasteiger partial charge in [0.25, 0.3) is 0 Å². The maximum Gasteiger partial charge on any atom is 0.167 e. The first-order valence-corrected chi connectivity index (χ1v) is 6.78. The molecule has 0 aliphatic heterocycles. The number of Topliss-reactive ketones (excluding diaryl/α,β-unsaturated/α-hetero) is 1. The molecule has 1 saturated carbocycles. The van der Waals surface area contributed by atoms with Crippen LogP contribution >= 0.6 is 11.3 Å². The number of ketones is 1. The minimum Gasteiger partial charge on any atom is -0.294 e. The van der Waals surface area contributed by atoms with Crippen molar-refractivity contribution in [2.24, 2.45) is 5.92 Å². The van der Waals surface area contributed by atoms with Gasteiger partial charge in [0.15, 0.2) is 5.78 Å². The van der Waals surface area contributed by atoms with E-state index in [4.69, 9.17) is 0 Å². The molecule has 1 aromatic heterocycles. The Morgan fingerprint density at radius 1 is 1.29 bits per heavy atom. The Hall–Kier alpha value is -1.41. The molecular formula is C15H14OS. The van der Waals surface area contributed by atoms with Crippen LogP contribution in [0.1, 0.15) is 29.3 Å². The molecule has 2 aromatic rings. The van der Waals surface area contributed by atoms with Crippen LogP contribution in [-0.2, 0) is 5.41 Å². The zero-order valence-electron chi connectivity index (χ0n) is 9.72. The van der Waals surface area contributed by atoms with Crippen molar-refractivity contribution in [2.45, 2.75) is 18.8 Å². The number of hydrogen-bond acceptors (Lipinski definition) is 2. The number of thiophene rings is 1. The minimum absolute atomic E-state index is 0.0558. The normalized spacial score (nSPS) is 26.8. The first-order chi connectivity index (χ1) is 8.22. The average molecular weight is 242 g/mol. The van der Waals surface area contributed by atoms with Crippen LogP contribution in [0.15, 0.2) is 47.2 Å². The SMILES string of the molecule is C[C@@]1(c2ccccc2)C[C@H]1C(=O)c1ccsc1. The van der Waals surface area contributed by atoms with Crippen molar-refractivity contribution < 1.29 is 4.79 Å². The Bertz CT molecular complexity index is 529. The third-order valence-electron chi connectivity index (χ3n) is 3.79. The number of benzene rings is 1. The highest BCUT2D eigenvalue weighted by Gasteiger charge is 2.55. The molecule has 0 saturated heterocycles. The molecule has 1 aliphatic carbocycles. The summed E-state index contributed by atoms with van der Waals surface area (Å²) in [6, 6.07) is 12.3. The lowest BCUT2D eigenvalue weighted by atomic mass is 9.93. The molecule has 1 nitrogen and oxygen atoms in total. The Morgan fingerprint density at radius 3 is 2.71 bits per heavy atom. The molecule has 3 rings (SSSR count). The zero-order valence-corrected chi connectivity index (χ0v) is 10.5.